The number of rotatable bonds is 4. The fourth-order valence-corrected chi connectivity index (χ4v) is 4.66. The zero-order chi connectivity index (χ0) is 17.9. The number of likely N-dealkylation sites (tertiary alicyclic amines) is 1. The smallest absolute Gasteiger partial charge is 0.245 e. The number of carbonyl (C=O) groups is 1. The zero-order valence-electron chi connectivity index (χ0n) is 15.4. The highest BCUT2D eigenvalue weighted by molar-refractivity contribution is 7.09. The third kappa shape index (κ3) is 3.75. The summed E-state index contributed by atoms with van der Waals surface area (Å²) in [5.41, 5.74) is 2.49. The molecule has 0 aliphatic carbocycles. The van der Waals surface area contributed by atoms with Gasteiger partial charge in [0.1, 0.15) is 11.9 Å². The van der Waals surface area contributed by atoms with Crippen LogP contribution < -0.4 is 4.90 Å². The minimum Gasteiger partial charge on any atom is -0.341 e. The first-order valence-electron chi connectivity index (χ1n) is 9.64. The van der Waals surface area contributed by atoms with Crippen molar-refractivity contribution in [2.75, 3.05) is 24.5 Å². The second kappa shape index (κ2) is 7.74. The van der Waals surface area contributed by atoms with Gasteiger partial charge in [0.15, 0.2) is 0 Å². The predicted molar refractivity (Wildman–Crippen MR) is 105 cm³/mol. The molecule has 2 saturated heterocycles. The van der Waals surface area contributed by atoms with Gasteiger partial charge in [-0.15, -0.1) is 0 Å². The molecule has 3 heterocycles. The molecule has 2 fully saturated rings. The summed E-state index contributed by atoms with van der Waals surface area (Å²) in [6.07, 6.45) is 6.25. The van der Waals surface area contributed by atoms with Crippen LogP contribution in [0.2, 0.25) is 0 Å². The molecule has 138 valence electrons. The molecule has 2 aromatic rings. The van der Waals surface area contributed by atoms with Crippen LogP contribution in [-0.2, 0) is 11.2 Å². The summed E-state index contributed by atoms with van der Waals surface area (Å²) in [5.74, 6) is 1.14. The molecule has 0 radical (unpaired) electrons. The van der Waals surface area contributed by atoms with Gasteiger partial charge in [-0.1, -0.05) is 29.8 Å². The lowest BCUT2D eigenvalue weighted by molar-refractivity contribution is -0.133. The highest BCUT2D eigenvalue weighted by atomic mass is 32.1. The van der Waals surface area contributed by atoms with E-state index in [2.05, 4.69) is 45.4 Å². The second-order valence-electron chi connectivity index (χ2n) is 7.39. The van der Waals surface area contributed by atoms with Crippen LogP contribution >= 0.6 is 11.5 Å². The monoisotopic (exact) mass is 370 g/mol. The summed E-state index contributed by atoms with van der Waals surface area (Å²) < 4.78 is 4.55. The largest absolute Gasteiger partial charge is 0.341 e. The first-order valence-corrected chi connectivity index (χ1v) is 10.4. The van der Waals surface area contributed by atoms with Crippen molar-refractivity contribution in [1.29, 1.82) is 0 Å². The molecule has 2 aliphatic heterocycles. The molecular formula is C20H26N4OS. The highest BCUT2D eigenvalue weighted by Gasteiger charge is 2.35. The Balaban J connectivity index is 1.45. The van der Waals surface area contributed by atoms with Crippen LogP contribution in [-0.4, -0.2) is 45.8 Å². The number of carbonyl (C=O) groups excluding carboxylic acids is 1. The van der Waals surface area contributed by atoms with Crippen LogP contribution in [0.1, 0.15) is 49.1 Å². The Hall–Kier alpha value is -1.95. The summed E-state index contributed by atoms with van der Waals surface area (Å²) in [4.78, 5) is 21.9. The summed E-state index contributed by atoms with van der Waals surface area (Å²) in [6, 6.07) is 8.46. The Morgan fingerprint density at radius 2 is 1.88 bits per heavy atom. The van der Waals surface area contributed by atoms with Crippen LogP contribution in [0, 0.1) is 6.92 Å². The lowest BCUT2D eigenvalue weighted by Gasteiger charge is -2.32. The van der Waals surface area contributed by atoms with Crippen LogP contribution in [0.5, 0.6) is 0 Å². The first-order chi connectivity index (χ1) is 12.7. The van der Waals surface area contributed by atoms with E-state index < -0.39 is 0 Å². The molecule has 1 atom stereocenters. The van der Waals surface area contributed by atoms with Gasteiger partial charge in [0.2, 0.25) is 11.0 Å². The minimum absolute atomic E-state index is 0.0479. The number of nitrogens with zero attached hydrogens (tertiary/aromatic N) is 4. The van der Waals surface area contributed by atoms with E-state index in [-0.39, 0.29) is 11.9 Å². The molecule has 4 rings (SSSR count). The Morgan fingerprint density at radius 1 is 1.12 bits per heavy atom. The van der Waals surface area contributed by atoms with E-state index in [0.717, 1.165) is 62.7 Å². The van der Waals surface area contributed by atoms with Gasteiger partial charge in [0.05, 0.1) is 0 Å². The number of aromatic nitrogens is 2. The van der Waals surface area contributed by atoms with Gasteiger partial charge in [-0.3, -0.25) is 4.79 Å². The molecule has 1 aromatic carbocycles. The highest BCUT2D eigenvalue weighted by Crippen LogP contribution is 2.29. The molecule has 0 N–H and O–H groups in total. The van der Waals surface area contributed by atoms with E-state index in [4.69, 9.17) is 4.98 Å². The molecule has 0 bridgehead atoms. The standard InChI is InChI=1S/C20H26N4OS/c1-15-7-9-16(10-8-15)14-18-21-20(26-22-18)24-13-5-6-17(24)19(25)23-11-3-2-4-12-23/h7-10,17H,2-6,11-14H2,1H3/t17-/m1/s1. The lowest BCUT2D eigenvalue weighted by atomic mass is 10.1. The summed E-state index contributed by atoms with van der Waals surface area (Å²) in [7, 11) is 0. The maximum atomic E-state index is 13.0. The van der Waals surface area contributed by atoms with Gasteiger partial charge >= 0.3 is 0 Å². The summed E-state index contributed by atoms with van der Waals surface area (Å²) >= 11 is 1.43. The molecule has 26 heavy (non-hydrogen) atoms. The van der Waals surface area contributed by atoms with Crippen molar-refractivity contribution in [2.24, 2.45) is 0 Å². The van der Waals surface area contributed by atoms with E-state index in [1.807, 2.05) is 0 Å². The van der Waals surface area contributed by atoms with Crippen LogP contribution in [0.15, 0.2) is 24.3 Å². The third-order valence-electron chi connectivity index (χ3n) is 5.39. The number of piperidine rings is 1. The quantitative estimate of drug-likeness (QED) is 0.827. The molecule has 1 aromatic heterocycles. The number of benzene rings is 1. The maximum Gasteiger partial charge on any atom is 0.245 e. The van der Waals surface area contributed by atoms with Gasteiger partial charge in [-0.25, -0.2) is 4.98 Å². The predicted octanol–water partition coefficient (Wildman–Crippen LogP) is 3.42. The molecule has 1 amide bonds. The third-order valence-corrected chi connectivity index (χ3v) is 6.18. The van der Waals surface area contributed by atoms with Gasteiger partial charge in [0, 0.05) is 37.6 Å². The summed E-state index contributed by atoms with van der Waals surface area (Å²) in [6.45, 7) is 4.83. The normalized spacial score (nSPS) is 20.6. The van der Waals surface area contributed by atoms with Crippen molar-refractivity contribution in [3.63, 3.8) is 0 Å². The van der Waals surface area contributed by atoms with E-state index in [1.54, 1.807) is 0 Å². The average Bonchev–Trinajstić information content (AvgIpc) is 3.33. The zero-order valence-corrected chi connectivity index (χ0v) is 16.2. The van der Waals surface area contributed by atoms with E-state index in [1.165, 1.54) is 29.1 Å². The van der Waals surface area contributed by atoms with Crippen LogP contribution in [0.3, 0.4) is 0 Å². The Morgan fingerprint density at radius 3 is 2.65 bits per heavy atom. The van der Waals surface area contributed by atoms with Crippen molar-refractivity contribution in [1.82, 2.24) is 14.3 Å². The number of hydrogen-bond donors (Lipinski definition) is 0. The molecule has 2 aliphatic rings. The molecule has 6 heteroatoms. The van der Waals surface area contributed by atoms with E-state index in [0.29, 0.717) is 0 Å². The Labute approximate surface area is 159 Å². The minimum atomic E-state index is -0.0479. The summed E-state index contributed by atoms with van der Waals surface area (Å²) in [5, 5.41) is 0.903. The molecule has 5 nitrogen and oxygen atoms in total. The number of amides is 1. The molecule has 0 spiro atoms. The first kappa shape index (κ1) is 17.5. The topological polar surface area (TPSA) is 49.3 Å². The van der Waals surface area contributed by atoms with Crippen molar-refractivity contribution in [3.05, 3.63) is 41.2 Å². The van der Waals surface area contributed by atoms with Gasteiger partial charge < -0.3 is 9.80 Å². The fourth-order valence-electron chi connectivity index (χ4n) is 3.90. The van der Waals surface area contributed by atoms with Crippen molar-refractivity contribution in [3.8, 4) is 0 Å². The van der Waals surface area contributed by atoms with Crippen molar-refractivity contribution < 1.29 is 4.79 Å². The van der Waals surface area contributed by atoms with Gasteiger partial charge in [-0.05, 0) is 44.6 Å². The Bertz CT molecular complexity index is 751. The SMILES string of the molecule is Cc1ccc(Cc2nsc(N3CCC[C@@H]3C(=O)N3CCCCC3)n2)cc1. The van der Waals surface area contributed by atoms with Crippen molar-refractivity contribution >= 4 is 22.6 Å². The number of aryl methyl sites for hydroxylation is 1. The van der Waals surface area contributed by atoms with E-state index >= 15 is 0 Å². The van der Waals surface area contributed by atoms with Crippen molar-refractivity contribution in [2.45, 2.75) is 51.5 Å². The lowest BCUT2D eigenvalue weighted by Crippen LogP contribution is -2.47. The number of anilines is 1. The second-order valence-corrected chi connectivity index (χ2v) is 8.12. The van der Waals surface area contributed by atoms with Crippen LogP contribution in [0.25, 0.3) is 0 Å². The number of hydrogen-bond acceptors (Lipinski definition) is 5. The van der Waals surface area contributed by atoms with E-state index in [9.17, 15) is 4.79 Å². The molecular weight excluding hydrogens is 344 g/mol. The van der Waals surface area contributed by atoms with Crippen LogP contribution in [0.4, 0.5) is 5.13 Å². The van der Waals surface area contributed by atoms with Gasteiger partial charge in [-0.2, -0.15) is 4.37 Å². The molecule has 0 saturated carbocycles. The maximum absolute atomic E-state index is 13.0. The fraction of sp³-hybridized carbons (Fsp3) is 0.550. The average molecular weight is 371 g/mol. The Kier molecular flexibility index (Phi) is 5.20. The molecule has 0 unspecified atom stereocenters. The van der Waals surface area contributed by atoms with Gasteiger partial charge in [0.25, 0.3) is 0 Å².